The second kappa shape index (κ2) is 4.06. The van der Waals surface area contributed by atoms with Crippen LogP contribution in [0.15, 0.2) is 0 Å². The van der Waals surface area contributed by atoms with E-state index >= 15 is 0 Å². The summed E-state index contributed by atoms with van der Waals surface area (Å²) in [5, 5.41) is 3.43. The van der Waals surface area contributed by atoms with Gasteiger partial charge in [0.25, 0.3) is 0 Å². The fraction of sp³-hybridized carbons (Fsp3) is 1.00. The molecule has 0 bridgehead atoms. The smallest absolute Gasteiger partial charge is 0.150 e. The molecule has 0 aromatic carbocycles. The first-order chi connectivity index (χ1) is 6.68. The molecule has 1 rings (SSSR count). The Morgan fingerprint density at radius 3 is 2.27 bits per heavy atom. The Balaban J connectivity index is 2.64. The van der Waals surface area contributed by atoms with Crippen LogP contribution in [0.3, 0.4) is 0 Å². The molecule has 1 heterocycles. The number of rotatable bonds is 3. The molecule has 0 amide bonds. The summed E-state index contributed by atoms with van der Waals surface area (Å²) in [5.41, 5.74) is 0.0423. The molecule has 1 N–H and O–H groups in total. The normalized spacial score (nSPS) is 30.7. The molecule has 1 saturated heterocycles. The number of hydrogen-bond acceptors (Lipinski definition) is 3. The van der Waals surface area contributed by atoms with Crippen molar-refractivity contribution in [3.8, 4) is 0 Å². The van der Waals surface area contributed by atoms with E-state index in [2.05, 4.69) is 33.0 Å². The molecule has 0 aromatic heterocycles. The Morgan fingerprint density at radius 2 is 1.93 bits per heavy atom. The molecule has 0 radical (unpaired) electrons. The summed E-state index contributed by atoms with van der Waals surface area (Å²) in [6, 6.07) is 0. The molecule has 3 nitrogen and oxygen atoms in total. The van der Waals surface area contributed by atoms with E-state index in [0.29, 0.717) is 11.5 Å². The van der Waals surface area contributed by atoms with Crippen molar-refractivity contribution in [1.82, 2.24) is 5.32 Å². The van der Waals surface area contributed by atoms with Crippen molar-refractivity contribution in [3.63, 3.8) is 0 Å². The molecular weight excluding hydrogens is 210 g/mol. The van der Waals surface area contributed by atoms with Gasteiger partial charge in [-0.25, -0.2) is 8.42 Å². The van der Waals surface area contributed by atoms with Gasteiger partial charge in [-0.2, -0.15) is 0 Å². The van der Waals surface area contributed by atoms with E-state index in [-0.39, 0.29) is 11.0 Å². The molecule has 1 fully saturated rings. The van der Waals surface area contributed by atoms with E-state index in [0.717, 1.165) is 19.4 Å². The topological polar surface area (TPSA) is 46.2 Å². The van der Waals surface area contributed by atoms with Gasteiger partial charge in [0, 0.05) is 12.1 Å². The van der Waals surface area contributed by atoms with Gasteiger partial charge in [-0.3, -0.25) is 0 Å². The lowest BCUT2D eigenvalue weighted by molar-refractivity contribution is 0.264. The predicted molar refractivity (Wildman–Crippen MR) is 63.8 cm³/mol. The maximum atomic E-state index is 11.5. The zero-order chi connectivity index (χ0) is 11.7. The molecule has 90 valence electrons. The third kappa shape index (κ3) is 3.76. The van der Waals surface area contributed by atoms with Crippen molar-refractivity contribution in [2.45, 2.75) is 46.1 Å². The summed E-state index contributed by atoms with van der Waals surface area (Å²) >= 11 is 0. The maximum Gasteiger partial charge on any atom is 0.150 e. The summed E-state index contributed by atoms with van der Waals surface area (Å²) in [7, 11) is -2.77. The highest BCUT2D eigenvalue weighted by Gasteiger charge is 2.40. The molecule has 0 aliphatic carbocycles. The Kier molecular flexibility index (Phi) is 3.51. The molecule has 1 aliphatic rings. The van der Waals surface area contributed by atoms with Crippen molar-refractivity contribution in [1.29, 1.82) is 0 Å². The first-order valence-corrected chi connectivity index (χ1v) is 7.46. The zero-order valence-electron chi connectivity index (χ0n) is 10.3. The summed E-state index contributed by atoms with van der Waals surface area (Å²) in [6.45, 7) is 9.23. The van der Waals surface area contributed by atoms with Gasteiger partial charge in [-0.1, -0.05) is 6.92 Å². The number of nitrogens with one attached hydrogen (secondary N) is 1. The van der Waals surface area contributed by atoms with Crippen LogP contribution in [0, 0.1) is 5.41 Å². The molecule has 4 heteroatoms. The van der Waals surface area contributed by atoms with Gasteiger partial charge >= 0.3 is 0 Å². The van der Waals surface area contributed by atoms with Crippen LogP contribution in [-0.2, 0) is 9.84 Å². The van der Waals surface area contributed by atoms with Crippen LogP contribution < -0.4 is 5.32 Å². The number of sulfone groups is 1. The quantitative estimate of drug-likeness (QED) is 0.805. The van der Waals surface area contributed by atoms with Gasteiger partial charge in [0.15, 0.2) is 9.84 Å². The molecule has 1 atom stereocenters. The lowest BCUT2D eigenvalue weighted by atomic mass is 9.84. The number of hydrogen-bond donors (Lipinski definition) is 1. The van der Waals surface area contributed by atoms with Crippen molar-refractivity contribution in [2.75, 3.05) is 18.1 Å². The molecule has 1 unspecified atom stereocenters. The standard InChI is InChI=1S/C11H23NO2S/c1-5-11(8-12-10(2,3)4)6-7-15(13,14)9-11/h12H,5-9H2,1-4H3. The van der Waals surface area contributed by atoms with Crippen LogP contribution in [-0.4, -0.2) is 32.0 Å². The lowest BCUT2D eigenvalue weighted by Gasteiger charge is -2.31. The fourth-order valence-electron chi connectivity index (χ4n) is 1.98. The van der Waals surface area contributed by atoms with Crippen LogP contribution in [0.4, 0.5) is 0 Å². The fourth-order valence-corrected chi connectivity index (χ4v) is 4.25. The monoisotopic (exact) mass is 233 g/mol. The van der Waals surface area contributed by atoms with Crippen LogP contribution >= 0.6 is 0 Å². The lowest BCUT2D eigenvalue weighted by Crippen LogP contribution is -2.44. The second-order valence-corrected chi connectivity index (χ2v) is 7.98. The van der Waals surface area contributed by atoms with Crippen molar-refractivity contribution >= 4 is 9.84 Å². The predicted octanol–water partition coefficient (Wildman–Crippen LogP) is 1.59. The summed E-state index contributed by atoms with van der Waals surface area (Å²) in [4.78, 5) is 0. The maximum absolute atomic E-state index is 11.5. The molecule has 0 saturated carbocycles. The van der Waals surface area contributed by atoms with Gasteiger partial charge in [0.1, 0.15) is 0 Å². The van der Waals surface area contributed by atoms with E-state index in [1.165, 1.54) is 0 Å². The van der Waals surface area contributed by atoms with E-state index in [9.17, 15) is 8.42 Å². The first kappa shape index (κ1) is 13.0. The summed E-state index contributed by atoms with van der Waals surface area (Å²) < 4.78 is 23.0. The van der Waals surface area contributed by atoms with Crippen LogP contribution in [0.2, 0.25) is 0 Å². The van der Waals surface area contributed by atoms with Crippen LogP contribution in [0.25, 0.3) is 0 Å². The summed E-state index contributed by atoms with van der Waals surface area (Å²) in [5.74, 6) is 0.728. The largest absolute Gasteiger partial charge is 0.311 e. The SMILES string of the molecule is CCC1(CNC(C)(C)C)CCS(=O)(=O)C1. The van der Waals surface area contributed by atoms with Crippen molar-refractivity contribution in [3.05, 3.63) is 0 Å². The molecule has 15 heavy (non-hydrogen) atoms. The average molecular weight is 233 g/mol. The Bertz CT molecular complexity index is 316. The first-order valence-electron chi connectivity index (χ1n) is 5.64. The minimum atomic E-state index is -2.77. The van der Waals surface area contributed by atoms with Gasteiger partial charge in [-0.05, 0) is 39.0 Å². The molecular formula is C11H23NO2S. The van der Waals surface area contributed by atoms with E-state index in [1.807, 2.05) is 0 Å². The van der Waals surface area contributed by atoms with Crippen LogP contribution in [0.1, 0.15) is 40.5 Å². The van der Waals surface area contributed by atoms with Crippen LogP contribution in [0.5, 0.6) is 0 Å². The average Bonchev–Trinajstić information content (AvgIpc) is 2.39. The van der Waals surface area contributed by atoms with Crippen molar-refractivity contribution in [2.24, 2.45) is 5.41 Å². The Morgan fingerprint density at radius 1 is 1.33 bits per heavy atom. The third-order valence-electron chi connectivity index (χ3n) is 3.21. The molecule has 0 aromatic rings. The highest BCUT2D eigenvalue weighted by Crippen LogP contribution is 2.35. The highest BCUT2D eigenvalue weighted by molar-refractivity contribution is 7.91. The van der Waals surface area contributed by atoms with E-state index in [4.69, 9.17) is 0 Å². The van der Waals surface area contributed by atoms with Gasteiger partial charge in [-0.15, -0.1) is 0 Å². The van der Waals surface area contributed by atoms with Gasteiger partial charge in [0.2, 0.25) is 0 Å². The Labute approximate surface area is 93.6 Å². The molecule has 0 spiro atoms. The zero-order valence-corrected chi connectivity index (χ0v) is 11.1. The van der Waals surface area contributed by atoms with E-state index in [1.54, 1.807) is 0 Å². The van der Waals surface area contributed by atoms with Gasteiger partial charge in [0.05, 0.1) is 11.5 Å². The minimum Gasteiger partial charge on any atom is -0.311 e. The van der Waals surface area contributed by atoms with Crippen molar-refractivity contribution < 1.29 is 8.42 Å². The highest BCUT2D eigenvalue weighted by atomic mass is 32.2. The molecule has 1 aliphatic heterocycles. The van der Waals surface area contributed by atoms with E-state index < -0.39 is 9.84 Å². The minimum absolute atomic E-state index is 0.0217. The second-order valence-electron chi connectivity index (χ2n) is 5.80. The summed E-state index contributed by atoms with van der Waals surface area (Å²) in [6.07, 6.45) is 1.75. The Hall–Kier alpha value is -0.0900. The third-order valence-corrected chi connectivity index (χ3v) is 5.09. The van der Waals surface area contributed by atoms with Gasteiger partial charge < -0.3 is 5.32 Å².